The monoisotopic (exact) mass is 376 g/mol. The molecule has 0 fully saturated rings. The van der Waals surface area contributed by atoms with E-state index in [4.69, 9.17) is 9.29 Å². The van der Waals surface area contributed by atoms with E-state index >= 15 is 0 Å². The van der Waals surface area contributed by atoms with Crippen molar-refractivity contribution < 1.29 is 22.5 Å². The third-order valence-corrected chi connectivity index (χ3v) is 5.69. The maximum atomic E-state index is 12.4. The lowest BCUT2D eigenvalue weighted by atomic mass is 9.71. The summed E-state index contributed by atoms with van der Waals surface area (Å²) in [6, 6.07) is 2.25. The molecule has 0 aliphatic carbocycles. The van der Waals surface area contributed by atoms with Crippen LogP contribution in [0.1, 0.15) is 35.6 Å². The van der Waals surface area contributed by atoms with Gasteiger partial charge in [0.05, 0.1) is 5.92 Å². The third kappa shape index (κ3) is 6.23. The van der Waals surface area contributed by atoms with Crippen molar-refractivity contribution in [1.29, 1.82) is 0 Å². The summed E-state index contributed by atoms with van der Waals surface area (Å²) >= 11 is 0. The van der Waals surface area contributed by atoms with Crippen LogP contribution in [0.3, 0.4) is 0 Å². The maximum absolute atomic E-state index is 12.4. The zero-order valence-electron chi connectivity index (χ0n) is 16.6. The van der Waals surface area contributed by atoms with Gasteiger partial charge in [0.15, 0.2) is 0 Å². The van der Waals surface area contributed by atoms with Crippen LogP contribution in [0, 0.1) is 5.92 Å². The lowest BCUT2D eigenvalue weighted by molar-refractivity contribution is -0.148. The van der Waals surface area contributed by atoms with Gasteiger partial charge in [-0.25, -0.2) is 0 Å². The molecule has 0 saturated heterocycles. The van der Waals surface area contributed by atoms with E-state index < -0.39 is 21.8 Å². The summed E-state index contributed by atoms with van der Waals surface area (Å²) in [6.07, 6.45) is 4.02. The molecule has 0 saturated carbocycles. The first-order valence-electron chi connectivity index (χ1n) is 9.43. The molecule has 1 aromatic carbocycles. The molecule has 1 atom stereocenters. The minimum atomic E-state index is -4.12. The van der Waals surface area contributed by atoms with Gasteiger partial charge in [0.2, 0.25) is 0 Å². The van der Waals surface area contributed by atoms with E-state index in [2.05, 4.69) is 37.5 Å². The Morgan fingerprint density at radius 3 is 2.23 bits per heavy atom. The molecule has 0 bridgehead atoms. The van der Waals surface area contributed by atoms with Crippen LogP contribution in [0.25, 0.3) is 0 Å². The Morgan fingerprint density at radius 1 is 1.15 bits per heavy atom. The van der Waals surface area contributed by atoms with Gasteiger partial charge in [-0.05, 0) is 18.4 Å². The van der Waals surface area contributed by atoms with Gasteiger partial charge >= 0.3 is 5.97 Å². The quantitative estimate of drug-likeness (QED) is 0.274. The largest absolute Gasteiger partial charge is 0.464 e. The summed E-state index contributed by atoms with van der Waals surface area (Å²) in [6.45, 7) is 1.61. The summed E-state index contributed by atoms with van der Waals surface area (Å²) in [7, 11) is 4.44. The number of carbonyl (C=O) groups is 1. The molecule has 0 aliphatic rings. The van der Waals surface area contributed by atoms with Crippen molar-refractivity contribution in [2.45, 2.75) is 38.7 Å². The fourth-order valence-electron chi connectivity index (χ4n) is 3.44. The number of benzene rings is 1. The first-order chi connectivity index (χ1) is 12.2. The van der Waals surface area contributed by atoms with Crippen molar-refractivity contribution >= 4 is 52.9 Å². The van der Waals surface area contributed by atoms with Gasteiger partial charge in [0, 0.05) is 0 Å². The Balaban J connectivity index is 3.06. The molecule has 0 heterocycles. The number of hydrogen-bond acceptors (Lipinski definition) is 4. The second-order valence-corrected chi connectivity index (χ2v) is 8.17. The van der Waals surface area contributed by atoms with Gasteiger partial charge in [-0.3, -0.25) is 9.35 Å². The van der Waals surface area contributed by atoms with Crippen LogP contribution in [-0.4, -0.2) is 62.7 Å². The van der Waals surface area contributed by atoms with Crippen molar-refractivity contribution in [1.82, 2.24) is 0 Å². The molecule has 5 nitrogen and oxygen atoms in total. The summed E-state index contributed by atoms with van der Waals surface area (Å²) in [5, 5.41) is 0. The predicted octanol–water partition coefficient (Wildman–Crippen LogP) is -2.66. The number of hydrogen-bond donors (Lipinski definition) is 1. The van der Waals surface area contributed by atoms with Crippen molar-refractivity contribution in [3.8, 4) is 0 Å². The van der Waals surface area contributed by atoms with Crippen LogP contribution in [0.4, 0.5) is 0 Å². The molecule has 0 amide bonds. The van der Waals surface area contributed by atoms with E-state index in [1.54, 1.807) is 0 Å². The van der Waals surface area contributed by atoms with E-state index in [0.717, 1.165) is 19.0 Å². The third-order valence-electron chi connectivity index (χ3n) is 5.01. The molecular weight excluding hydrogens is 347 g/mol. The highest BCUT2D eigenvalue weighted by atomic mass is 32.2. The average molecular weight is 376 g/mol. The summed E-state index contributed by atoms with van der Waals surface area (Å²) in [5.74, 6) is -1.30. The van der Waals surface area contributed by atoms with Gasteiger partial charge in [-0.2, -0.15) is 8.42 Å². The highest BCUT2D eigenvalue weighted by Crippen LogP contribution is 2.22. The molecule has 1 N–H and O–H groups in total. The predicted molar refractivity (Wildman–Crippen MR) is 116 cm³/mol. The van der Waals surface area contributed by atoms with Crippen LogP contribution in [0.5, 0.6) is 0 Å². The van der Waals surface area contributed by atoms with Crippen molar-refractivity contribution in [2.75, 3.05) is 12.4 Å². The Hall–Kier alpha value is -1.14. The van der Waals surface area contributed by atoms with Crippen LogP contribution in [0.2, 0.25) is 0 Å². The van der Waals surface area contributed by atoms with E-state index in [1.807, 2.05) is 6.92 Å². The first-order valence-corrected chi connectivity index (χ1v) is 11.0. The fourth-order valence-corrected chi connectivity index (χ4v) is 3.74. The molecule has 1 aromatic rings. The van der Waals surface area contributed by atoms with Crippen molar-refractivity contribution in [2.24, 2.45) is 5.92 Å². The lowest BCUT2D eigenvalue weighted by Gasteiger charge is -2.23. The Morgan fingerprint density at radius 2 is 1.77 bits per heavy atom. The number of carbonyl (C=O) groups excluding carboxylic acids is 1. The van der Waals surface area contributed by atoms with E-state index in [9.17, 15) is 13.2 Å². The number of ether oxygens (including phenoxy) is 1. The molecule has 10 heteroatoms. The van der Waals surface area contributed by atoms with E-state index in [1.165, 1.54) is 27.7 Å². The molecular formula is C16H28B4O5S. The summed E-state index contributed by atoms with van der Waals surface area (Å²) in [5.41, 5.74) is 6.46. The Kier molecular flexibility index (Phi) is 9.04. The molecule has 0 aliphatic heterocycles. The maximum Gasteiger partial charge on any atom is 0.309 e. The molecule has 26 heavy (non-hydrogen) atoms. The highest BCUT2D eigenvalue weighted by molar-refractivity contribution is 7.85. The smallest absolute Gasteiger partial charge is 0.309 e. The first kappa shape index (κ1) is 22.9. The van der Waals surface area contributed by atoms with E-state index in [-0.39, 0.29) is 12.5 Å². The van der Waals surface area contributed by atoms with Crippen LogP contribution in [0.15, 0.2) is 6.07 Å². The molecule has 140 valence electrons. The standard InChI is InChI=1S/C16H28B4O5S/c1-2-10(16(21)25-3-4-26(22,23)24)6-13-11(7-17)5-12(8-18)15(20)14(13)9-19/h5,10H,2-4,6-9,17-20H2,1H3,(H,22,23,24). The Bertz CT molecular complexity index is 737. The molecule has 0 spiro atoms. The van der Waals surface area contributed by atoms with Gasteiger partial charge in [-0.15, -0.1) is 0 Å². The Labute approximate surface area is 161 Å². The zero-order valence-corrected chi connectivity index (χ0v) is 17.4. The highest BCUT2D eigenvalue weighted by Gasteiger charge is 2.23. The second-order valence-electron chi connectivity index (χ2n) is 6.60. The minimum absolute atomic E-state index is 0.316. The van der Waals surface area contributed by atoms with Crippen molar-refractivity contribution in [3.05, 3.63) is 28.3 Å². The number of esters is 1. The van der Waals surface area contributed by atoms with Crippen LogP contribution in [-0.2, 0) is 45.0 Å². The minimum Gasteiger partial charge on any atom is -0.464 e. The molecule has 1 unspecified atom stereocenters. The number of rotatable bonds is 10. The van der Waals surface area contributed by atoms with E-state index in [0.29, 0.717) is 12.8 Å². The summed E-state index contributed by atoms with van der Waals surface area (Å²) < 4.78 is 35.4. The molecule has 1 rings (SSSR count). The van der Waals surface area contributed by atoms with Gasteiger partial charge in [0.25, 0.3) is 10.1 Å². The average Bonchev–Trinajstić information content (AvgIpc) is 2.58. The zero-order chi connectivity index (χ0) is 19.9. The fraction of sp³-hybridized carbons (Fsp3) is 0.562. The summed E-state index contributed by atoms with van der Waals surface area (Å²) in [4.78, 5) is 12.4. The van der Waals surface area contributed by atoms with Gasteiger partial charge in [0.1, 0.15) is 43.7 Å². The van der Waals surface area contributed by atoms with Gasteiger partial charge in [-0.1, -0.05) is 54.1 Å². The topological polar surface area (TPSA) is 80.7 Å². The second kappa shape index (κ2) is 10.3. The van der Waals surface area contributed by atoms with Crippen LogP contribution >= 0.6 is 0 Å². The molecule has 0 radical (unpaired) electrons. The lowest BCUT2D eigenvalue weighted by Crippen LogP contribution is -2.26. The van der Waals surface area contributed by atoms with Crippen LogP contribution < -0.4 is 5.46 Å². The SMILES string of the molecule is BCc1cc(CB)c(CC(CC)C(=O)OCCS(=O)(=O)O)c(CB)c1B. The normalized spacial score (nSPS) is 12.7. The molecule has 0 aromatic heterocycles. The van der Waals surface area contributed by atoms with Gasteiger partial charge < -0.3 is 4.74 Å². The van der Waals surface area contributed by atoms with Crippen molar-refractivity contribution in [3.63, 3.8) is 0 Å².